The molecule has 0 bridgehead atoms. The van der Waals surface area contributed by atoms with Crippen molar-refractivity contribution in [3.63, 3.8) is 0 Å². The zero-order valence-corrected chi connectivity index (χ0v) is 26.2. The summed E-state index contributed by atoms with van der Waals surface area (Å²) in [4.78, 5) is 45.4. The van der Waals surface area contributed by atoms with E-state index in [0.717, 1.165) is 111 Å². The largest absolute Gasteiger partial charge is 0.355 e. The quantitative estimate of drug-likeness (QED) is 0.204. The lowest BCUT2D eigenvalue weighted by molar-refractivity contribution is 0.0508. The number of anilines is 2. The number of nitrogens with zero attached hydrogens (tertiary/aromatic N) is 9. The van der Waals surface area contributed by atoms with E-state index in [4.69, 9.17) is 6.57 Å². The van der Waals surface area contributed by atoms with Crippen molar-refractivity contribution in [2.75, 3.05) is 62.2 Å². The minimum absolute atomic E-state index is 0.161. The van der Waals surface area contributed by atoms with Gasteiger partial charge in [0.05, 0.1) is 30.0 Å². The summed E-state index contributed by atoms with van der Waals surface area (Å²) in [7, 11) is 1.69. The van der Waals surface area contributed by atoms with Gasteiger partial charge < -0.3 is 29.4 Å². The summed E-state index contributed by atoms with van der Waals surface area (Å²) in [5.74, 6) is 3.47. The molecule has 0 unspecified atom stereocenters. The van der Waals surface area contributed by atoms with Gasteiger partial charge in [-0.15, -0.1) is 5.01 Å². The van der Waals surface area contributed by atoms with E-state index in [2.05, 4.69) is 63.3 Å². The predicted molar refractivity (Wildman–Crippen MR) is 176 cm³/mol. The van der Waals surface area contributed by atoms with Crippen LogP contribution in [0.1, 0.15) is 39.5 Å². The van der Waals surface area contributed by atoms with Crippen molar-refractivity contribution < 1.29 is 4.79 Å². The fourth-order valence-corrected chi connectivity index (χ4v) is 8.50. The zero-order chi connectivity index (χ0) is 31.0. The molecule has 4 aliphatic rings. The van der Waals surface area contributed by atoms with Crippen LogP contribution in [0.25, 0.3) is 27.0 Å². The van der Waals surface area contributed by atoms with Gasteiger partial charge in [0.25, 0.3) is 7.41 Å². The monoisotopic (exact) mass is 606 g/mol. The molecule has 4 fully saturated rings. The smallest absolute Gasteiger partial charge is 0.293 e. The summed E-state index contributed by atoms with van der Waals surface area (Å²) in [5, 5.41) is 4.07. The van der Waals surface area contributed by atoms with E-state index in [9.17, 15) is 4.79 Å². The molecule has 4 atom stereocenters. The van der Waals surface area contributed by atoms with Crippen LogP contribution in [0.15, 0.2) is 37.2 Å². The van der Waals surface area contributed by atoms with Crippen molar-refractivity contribution in [3.8, 4) is 0 Å². The van der Waals surface area contributed by atoms with Crippen molar-refractivity contribution in [1.29, 1.82) is 0 Å². The standard InChI is InChI=1S/C16H21BN5O.C16H20N6/c1-16-8-21(15-13-2-5-18-14(13)19-11-20-15)6-3-12(16)4-7-22(9-16)17-10-23;1-16-9-21(7-4-12(16)5-8-22(10-16)17-2)15-13-3-6-18-14(13)19-11-20-15/h2,5,10-12H,3-4,6-9H2,1H3,(H,18,19,20);3,6,11-12H,4-5,7-10H2,1H3,(H,18,19,20)/t2*12-,16+/m11/s1. The lowest BCUT2D eigenvalue weighted by Crippen LogP contribution is -2.57. The van der Waals surface area contributed by atoms with Crippen molar-refractivity contribution in [3.05, 3.63) is 48.7 Å². The Hall–Kier alpha value is -4.18. The van der Waals surface area contributed by atoms with E-state index in [1.165, 1.54) is 12.8 Å². The van der Waals surface area contributed by atoms with Crippen LogP contribution >= 0.6 is 0 Å². The Morgan fingerprint density at radius 1 is 0.800 bits per heavy atom. The third-order valence-corrected chi connectivity index (χ3v) is 10.9. The van der Waals surface area contributed by atoms with Crippen LogP contribution in [0.4, 0.5) is 11.6 Å². The second kappa shape index (κ2) is 12.0. The number of fused-ring (bicyclic) bond motifs is 4. The maximum atomic E-state index is 10.8. The number of piperidine rings is 4. The number of aromatic nitrogens is 6. The van der Waals surface area contributed by atoms with Crippen LogP contribution in [0.5, 0.6) is 0 Å². The highest BCUT2D eigenvalue weighted by Crippen LogP contribution is 2.44. The van der Waals surface area contributed by atoms with Gasteiger partial charge in [-0.2, -0.15) is 11.5 Å². The Morgan fingerprint density at radius 2 is 1.33 bits per heavy atom. The first-order valence-corrected chi connectivity index (χ1v) is 16.1. The maximum absolute atomic E-state index is 10.8. The van der Waals surface area contributed by atoms with E-state index >= 15 is 0 Å². The number of H-pyrrole nitrogens is 2. The molecule has 45 heavy (non-hydrogen) atoms. The van der Waals surface area contributed by atoms with Crippen molar-refractivity contribution >= 4 is 47.3 Å². The van der Waals surface area contributed by atoms with E-state index < -0.39 is 0 Å². The van der Waals surface area contributed by atoms with Crippen LogP contribution in [0.2, 0.25) is 0 Å². The Labute approximate surface area is 264 Å². The van der Waals surface area contributed by atoms with Gasteiger partial charge in [-0.25, -0.2) is 19.9 Å². The zero-order valence-electron chi connectivity index (χ0n) is 26.2. The van der Waals surface area contributed by atoms with E-state index in [0.29, 0.717) is 5.92 Å². The first-order valence-electron chi connectivity index (χ1n) is 16.1. The van der Waals surface area contributed by atoms with Crippen LogP contribution in [-0.2, 0) is 4.79 Å². The molecule has 0 spiro atoms. The Bertz CT molecular complexity index is 1700. The average Bonchev–Trinajstić information content (AvgIpc) is 3.73. The Balaban J connectivity index is 0.000000145. The molecule has 4 aromatic heterocycles. The summed E-state index contributed by atoms with van der Waals surface area (Å²) in [6.45, 7) is 19.7. The van der Waals surface area contributed by atoms with Gasteiger partial charge in [-0.3, -0.25) is 0 Å². The molecule has 4 aromatic rings. The molecule has 4 aliphatic heterocycles. The average molecular weight is 607 g/mol. The summed E-state index contributed by atoms with van der Waals surface area (Å²) in [6, 6.07) is 4.10. The molecule has 1 radical (unpaired) electrons. The van der Waals surface area contributed by atoms with Crippen LogP contribution < -0.4 is 9.80 Å². The van der Waals surface area contributed by atoms with Crippen LogP contribution in [0.3, 0.4) is 0 Å². The minimum Gasteiger partial charge on any atom is -0.355 e. The second-order valence-electron chi connectivity index (χ2n) is 13.8. The molecular weight excluding hydrogens is 565 g/mol. The van der Waals surface area contributed by atoms with E-state index in [-0.39, 0.29) is 10.8 Å². The third kappa shape index (κ3) is 5.60. The minimum atomic E-state index is 0.161. The van der Waals surface area contributed by atoms with Crippen molar-refractivity contribution in [2.45, 2.75) is 39.5 Å². The fourth-order valence-electron chi connectivity index (χ4n) is 8.50. The molecule has 233 valence electrons. The lowest BCUT2D eigenvalue weighted by Gasteiger charge is -2.52. The Morgan fingerprint density at radius 3 is 1.89 bits per heavy atom. The number of nitrogens with one attached hydrogen (secondary N) is 2. The number of hydrogen-bond acceptors (Lipinski definition) is 9. The van der Waals surface area contributed by atoms with Gasteiger partial charge in [0, 0.05) is 44.0 Å². The molecule has 0 aromatic carbocycles. The molecule has 8 heterocycles. The van der Waals surface area contributed by atoms with Crippen molar-refractivity contribution in [2.24, 2.45) is 22.7 Å². The highest BCUT2D eigenvalue weighted by Gasteiger charge is 2.46. The molecule has 8 rings (SSSR count). The molecule has 13 heteroatoms. The Kier molecular flexibility index (Phi) is 7.85. The number of carbonyl (C=O) groups is 1. The molecule has 0 saturated carbocycles. The van der Waals surface area contributed by atoms with Gasteiger partial charge in [0.2, 0.25) is 0 Å². The number of hydrogen-bond donors (Lipinski definition) is 2. The molecule has 2 N–H and O–H groups in total. The topological polar surface area (TPSA) is 118 Å². The maximum Gasteiger partial charge on any atom is 0.293 e. The molecule has 0 aliphatic carbocycles. The van der Waals surface area contributed by atoms with Crippen LogP contribution in [-0.4, -0.2) is 106 Å². The summed E-state index contributed by atoms with van der Waals surface area (Å²) < 4.78 is 0. The number of carbonyl (C=O) groups excluding carboxylic acids is 1. The van der Waals surface area contributed by atoms with Crippen molar-refractivity contribution in [1.82, 2.24) is 39.7 Å². The van der Waals surface area contributed by atoms with Gasteiger partial charge in [-0.1, -0.05) is 13.8 Å². The van der Waals surface area contributed by atoms with Crippen LogP contribution in [0, 0.1) is 29.2 Å². The van der Waals surface area contributed by atoms with Gasteiger partial charge in [0.1, 0.15) is 35.6 Å². The first kappa shape index (κ1) is 29.5. The SMILES string of the molecule is C[C@]12CN([B]C=O)CC[C@H]1CCN(c1ncnc3[nH]ccc13)C2.[C-]#[N+]N1CC[C@H]2CCN(c3ncnc4[nH]ccc34)C[C@@]2(C)C1. The molecular formula is C32H41BN11O. The second-order valence-corrected chi connectivity index (χ2v) is 13.8. The summed E-state index contributed by atoms with van der Waals surface area (Å²) >= 11 is 0. The highest BCUT2D eigenvalue weighted by molar-refractivity contribution is 6.64. The summed E-state index contributed by atoms with van der Waals surface area (Å²) in [5.41, 5.74) is 2.13. The van der Waals surface area contributed by atoms with E-state index in [1.807, 2.05) is 29.5 Å². The summed E-state index contributed by atoms with van der Waals surface area (Å²) in [6.07, 6.45) is 12.7. The normalized spacial score (nSPS) is 28.5. The molecule has 4 saturated heterocycles. The number of aromatic amines is 2. The van der Waals surface area contributed by atoms with Gasteiger partial charge in [0.15, 0.2) is 0 Å². The molecule has 0 amide bonds. The lowest BCUT2D eigenvalue weighted by atomic mass is 9.66. The van der Waals surface area contributed by atoms with E-state index in [1.54, 1.807) is 20.1 Å². The number of rotatable bonds is 4. The third-order valence-electron chi connectivity index (χ3n) is 10.9. The first-order chi connectivity index (χ1) is 21.9. The molecule has 12 nitrogen and oxygen atoms in total. The predicted octanol–water partition coefficient (Wildman–Crippen LogP) is 3.64. The van der Waals surface area contributed by atoms with Gasteiger partial charge >= 0.3 is 0 Å². The highest BCUT2D eigenvalue weighted by atomic mass is 16.1. The van der Waals surface area contributed by atoms with Gasteiger partial charge in [-0.05, 0) is 68.2 Å². The fraction of sp³-hybridized carbons (Fsp3) is 0.562.